The Labute approximate surface area is 119 Å². The maximum absolute atomic E-state index is 4.11. The van der Waals surface area contributed by atoms with Crippen LogP contribution in [0.25, 0.3) is 0 Å². The summed E-state index contributed by atoms with van der Waals surface area (Å²) in [7, 11) is 3.67. The molecule has 0 spiro atoms. The highest BCUT2D eigenvalue weighted by atomic mass is 127. The Morgan fingerprint density at radius 2 is 2.35 bits per heavy atom. The smallest absolute Gasteiger partial charge is 0.191 e. The molecule has 1 rings (SSSR count). The molecule has 0 atom stereocenters. The van der Waals surface area contributed by atoms with Gasteiger partial charge >= 0.3 is 0 Å². The third-order valence-electron chi connectivity index (χ3n) is 2.10. The summed E-state index contributed by atoms with van der Waals surface area (Å²) in [6.45, 7) is 5.19. The largest absolute Gasteiger partial charge is 0.356 e. The van der Waals surface area contributed by atoms with Gasteiger partial charge < -0.3 is 10.6 Å². The Morgan fingerprint density at radius 1 is 1.59 bits per heavy atom. The average Bonchev–Trinajstić information content (AvgIpc) is 2.69. The van der Waals surface area contributed by atoms with Crippen LogP contribution >= 0.6 is 24.0 Å². The Bertz CT molecular complexity index is 358. The monoisotopic (exact) mass is 349 g/mol. The molecule has 0 saturated heterocycles. The minimum Gasteiger partial charge on any atom is -0.356 e. The van der Waals surface area contributed by atoms with Crippen molar-refractivity contribution in [2.24, 2.45) is 12.0 Å². The molecule has 96 valence electrons. The molecular weight excluding hydrogens is 329 g/mol. The van der Waals surface area contributed by atoms with Crippen molar-refractivity contribution < 1.29 is 0 Å². The van der Waals surface area contributed by atoms with E-state index in [0.717, 1.165) is 18.9 Å². The van der Waals surface area contributed by atoms with Crippen LogP contribution < -0.4 is 10.6 Å². The highest BCUT2D eigenvalue weighted by molar-refractivity contribution is 14.0. The fourth-order valence-electron chi connectivity index (χ4n) is 1.32. The molecule has 5 nitrogen and oxygen atoms in total. The number of hydrogen-bond acceptors (Lipinski definition) is 2. The number of nitrogens with zero attached hydrogens (tertiary/aromatic N) is 3. The van der Waals surface area contributed by atoms with E-state index >= 15 is 0 Å². The van der Waals surface area contributed by atoms with Crippen molar-refractivity contribution in [2.45, 2.75) is 6.42 Å². The topological polar surface area (TPSA) is 54.2 Å². The number of aromatic nitrogens is 2. The second-order valence-corrected chi connectivity index (χ2v) is 3.44. The van der Waals surface area contributed by atoms with Gasteiger partial charge in [0, 0.05) is 33.4 Å². The highest BCUT2D eigenvalue weighted by Crippen LogP contribution is 1.95. The van der Waals surface area contributed by atoms with E-state index in [4.69, 9.17) is 0 Å². The number of nitrogens with one attached hydrogen (secondary N) is 2. The average molecular weight is 349 g/mol. The van der Waals surface area contributed by atoms with Crippen molar-refractivity contribution in [2.75, 3.05) is 20.1 Å². The lowest BCUT2D eigenvalue weighted by Crippen LogP contribution is -2.38. The first-order chi connectivity index (χ1) is 7.76. The minimum absolute atomic E-state index is 0. The van der Waals surface area contributed by atoms with Crippen molar-refractivity contribution in [3.63, 3.8) is 0 Å². The molecule has 0 saturated carbocycles. The number of aryl methyl sites for hydroxylation is 1. The van der Waals surface area contributed by atoms with Gasteiger partial charge in [-0.2, -0.15) is 5.10 Å². The lowest BCUT2D eigenvalue weighted by molar-refractivity contribution is 0.765. The summed E-state index contributed by atoms with van der Waals surface area (Å²) in [5.41, 5.74) is 1.22. The maximum atomic E-state index is 4.11. The van der Waals surface area contributed by atoms with Gasteiger partial charge in [0.2, 0.25) is 0 Å². The Kier molecular flexibility index (Phi) is 8.47. The first-order valence-electron chi connectivity index (χ1n) is 5.29. The molecule has 0 unspecified atom stereocenters. The van der Waals surface area contributed by atoms with Crippen molar-refractivity contribution >= 4 is 29.9 Å². The molecule has 0 amide bonds. The molecule has 17 heavy (non-hydrogen) atoms. The van der Waals surface area contributed by atoms with Gasteiger partial charge in [0.15, 0.2) is 5.96 Å². The van der Waals surface area contributed by atoms with E-state index in [1.165, 1.54) is 5.56 Å². The molecule has 2 N–H and O–H groups in total. The standard InChI is InChI=1S/C11H19N5.HI/c1-4-6-13-11(12-2)14-7-5-10-8-15-16(3)9-10;/h4,8-9H,1,5-7H2,2-3H3,(H2,12,13,14);1H. The summed E-state index contributed by atoms with van der Waals surface area (Å²) in [5, 5.41) is 10.4. The van der Waals surface area contributed by atoms with E-state index in [0.29, 0.717) is 6.54 Å². The van der Waals surface area contributed by atoms with E-state index < -0.39 is 0 Å². The van der Waals surface area contributed by atoms with Gasteiger partial charge in [0.1, 0.15) is 0 Å². The van der Waals surface area contributed by atoms with Crippen LogP contribution in [0.2, 0.25) is 0 Å². The van der Waals surface area contributed by atoms with Crippen LogP contribution in [0, 0.1) is 0 Å². The number of hydrogen-bond donors (Lipinski definition) is 2. The van der Waals surface area contributed by atoms with Crippen LogP contribution in [-0.4, -0.2) is 35.9 Å². The zero-order valence-corrected chi connectivity index (χ0v) is 12.6. The second-order valence-electron chi connectivity index (χ2n) is 3.44. The zero-order valence-electron chi connectivity index (χ0n) is 10.3. The molecule has 0 aliphatic heterocycles. The van der Waals surface area contributed by atoms with Crippen molar-refractivity contribution in [3.05, 3.63) is 30.6 Å². The first-order valence-corrected chi connectivity index (χ1v) is 5.29. The minimum atomic E-state index is 0. The summed E-state index contributed by atoms with van der Waals surface area (Å²) in [6.07, 6.45) is 6.62. The Balaban J connectivity index is 0.00000256. The van der Waals surface area contributed by atoms with E-state index in [-0.39, 0.29) is 24.0 Å². The predicted octanol–water partition coefficient (Wildman–Crippen LogP) is 0.932. The van der Waals surface area contributed by atoms with Gasteiger partial charge in [-0.25, -0.2) is 0 Å². The molecule has 0 fully saturated rings. The van der Waals surface area contributed by atoms with Crippen LogP contribution in [0.1, 0.15) is 5.56 Å². The highest BCUT2D eigenvalue weighted by Gasteiger charge is 1.97. The van der Waals surface area contributed by atoms with Crippen LogP contribution in [0.15, 0.2) is 30.0 Å². The van der Waals surface area contributed by atoms with Crippen molar-refractivity contribution in [3.8, 4) is 0 Å². The fourth-order valence-corrected chi connectivity index (χ4v) is 1.32. The lowest BCUT2D eigenvalue weighted by Gasteiger charge is -2.09. The van der Waals surface area contributed by atoms with Gasteiger partial charge in [-0.1, -0.05) is 6.08 Å². The summed E-state index contributed by atoms with van der Waals surface area (Å²) >= 11 is 0. The van der Waals surface area contributed by atoms with Gasteiger partial charge in [0.25, 0.3) is 0 Å². The SMILES string of the molecule is C=CCNC(=NC)NCCc1cnn(C)c1.I. The first kappa shape index (κ1) is 16.0. The summed E-state index contributed by atoms with van der Waals surface area (Å²) in [6, 6.07) is 0. The van der Waals surface area contributed by atoms with Crippen LogP contribution in [0.4, 0.5) is 0 Å². The third-order valence-corrected chi connectivity index (χ3v) is 2.10. The van der Waals surface area contributed by atoms with Gasteiger partial charge in [0.05, 0.1) is 6.20 Å². The number of aliphatic imine (C=N–C) groups is 1. The number of halogens is 1. The quantitative estimate of drug-likeness (QED) is 0.360. The number of rotatable bonds is 5. The predicted molar refractivity (Wildman–Crippen MR) is 81.9 cm³/mol. The molecule has 0 aromatic carbocycles. The van der Waals surface area contributed by atoms with E-state index in [1.807, 2.05) is 19.4 Å². The molecule has 1 heterocycles. The van der Waals surface area contributed by atoms with Gasteiger partial charge in [-0.15, -0.1) is 30.6 Å². The molecule has 0 radical (unpaired) electrons. The van der Waals surface area contributed by atoms with Gasteiger partial charge in [-0.05, 0) is 12.0 Å². The van der Waals surface area contributed by atoms with E-state index in [2.05, 4.69) is 27.3 Å². The fraction of sp³-hybridized carbons (Fsp3) is 0.455. The molecule has 1 aromatic rings. The molecule has 0 aliphatic carbocycles. The number of guanidine groups is 1. The molecule has 1 aromatic heterocycles. The van der Waals surface area contributed by atoms with Crippen LogP contribution in [0.5, 0.6) is 0 Å². The normalized spacial score (nSPS) is 10.6. The van der Waals surface area contributed by atoms with E-state index in [1.54, 1.807) is 17.8 Å². The Morgan fingerprint density at radius 3 is 2.88 bits per heavy atom. The third kappa shape index (κ3) is 6.30. The molecule has 0 bridgehead atoms. The van der Waals surface area contributed by atoms with E-state index in [9.17, 15) is 0 Å². The van der Waals surface area contributed by atoms with Gasteiger partial charge in [-0.3, -0.25) is 9.67 Å². The summed E-state index contributed by atoms with van der Waals surface area (Å²) in [5.74, 6) is 0.795. The maximum Gasteiger partial charge on any atom is 0.191 e. The second kappa shape index (κ2) is 9.03. The molecule has 0 aliphatic rings. The lowest BCUT2D eigenvalue weighted by atomic mass is 10.2. The van der Waals surface area contributed by atoms with Crippen molar-refractivity contribution in [1.29, 1.82) is 0 Å². The zero-order chi connectivity index (χ0) is 11.8. The molecular formula is C11H20IN5. The summed E-state index contributed by atoms with van der Waals surface area (Å²) < 4.78 is 1.81. The molecule has 6 heteroatoms. The van der Waals surface area contributed by atoms with Crippen molar-refractivity contribution in [1.82, 2.24) is 20.4 Å². The van der Waals surface area contributed by atoms with Crippen LogP contribution in [0.3, 0.4) is 0 Å². The summed E-state index contributed by atoms with van der Waals surface area (Å²) in [4.78, 5) is 4.09. The van der Waals surface area contributed by atoms with Crippen LogP contribution in [-0.2, 0) is 13.5 Å². The Hall–Kier alpha value is -1.05.